The third kappa shape index (κ3) is 2.29. The fourth-order valence-corrected chi connectivity index (χ4v) is 2.50. The van der Waals surface area contributed by atoms with Crippen LogP contribution in [0.25, 0.3) is 22.2 Å². The van der Waals surface area contributed by atoms with Crippen molar-refractivity contribution in [2.75, 3.05) is 0 Å². The van der Waals surface area contributed by atoms with Gasteiger partial charge in [0.2, 0.25) is 0 Å². The number of aromatic nitrogens is 3. The molecule has 0 unspecified atom stereocenters. The second-order valence-electron chi connectivity index (χ2n) is 4.38. The predicted molar refractivity (Wildman–Crippen MR) is 72.0 cm³/mol. The van der Waals surface area contributed by atoms with E-state index >= 15 is 0 Å². The molecule has 22 heavy (non-hydrogen) atoms. The number of carboxylic acid groups (broad SMARTS) is 1. The molecular weight excluding hydrogens is 384 g/mol. The molecule has 1 aromatic heterocycles. The average molecular weight is 391 g/mol. The molecule has 0 saturated heterocycles. The molecule has 3 rings (SSSR count). The molecule has 0 radical (unpaired) electrons. The third-order valence-corrected chi connectivity index (χ3v) is 3.65. The van der Waals surface area contributed by atoms with Gasteiger partial charge < -0.3 is 0 Å². The number of fused-ring (bicyclic) bond motifs is 1. The Morgan fingerprint density at radius 1 is 1.23 bits per heavy atom. The Morgan fingerprint density at radius 3 is 2.50 bits per heavy atom. The van der Waals surface area contributed by atoms with E-state index in [-0.39, 0.29) is 16.8 Å². The van der Waals surface area contributed by atoms with E-state index in [4.69, 9.17) is 0 Å². The van der Waals surface area contributed by atoms with Crippen LogP contribution in [-0.4, -0.2) is 29.4 Å². The minimum absolute atomic E-state index is 0.00313. The molecule has 9 heteroatoms. The molecule has 0 spiro atoms. The summed E-state index contributed by atoms with van der Waals surface area (Å²) in [7, 11) is 0. The topological polar surface area (TPSA) is 111 Å². The zero-order valence-corrected chi connectivity index (χ0v) is 12.2. The van der Waals surface area contributed by atoms with Crippen LogP contribution in [0.4, 0.5) is 5.69 Å². The van der Waals surface area contributed by atoms with Crippen LogP contribution < -0.4 is 0 Å². The number of nitro groups is 1. The first kappa shape index (κ1) is 14.4. The molecule has 1 N–H and O–H groups in total. The van der Waals surface area contributed by atoms with Gasteiger partial charge in [0.25, 0.3) is 0 Å². The Bertz CT molecular complexity index is 904. The summed E-state index contributed by atoms with van der Waals surface area (Å²) in [4.78, 5) is 21.8. The first-order valence-electron chi connectivity index (χ1n) is 5.98. The van der Waals surface area contributed by atoms with Crippen molar-refractivity contribution in [2.24, 2.45) is 0 Å². The number of benzene rings is 2. The molecule has 8 nitrogen and oxygen atoms in total. The van der Waals surface area contributed by atoms with Gasteiger partial charge in [-0.15, -0.1) is 0 Å². The number of rotatable bonds is 3. The van der Waals surface area contributed by atoms with Gasteiger partial charge in [0, 0.05) is 0 Å². The van der Waals surface area contributed by atoms with Crippen molar-refractivity contribution in [1.82, 2.24) is 13.4 Å². The third-order valence-electron chi connectivity index (χ3n) is 3.16. The van der Waals surface area contributed by atoms with Crippen molar-refractivity contribution < 1.29 is 36.2 Å². The molecule has 0 bridgehead atoms. The Labute approximate surface area is 135 Å². The normalized spacial score (nSPS) is 10.8. The molecule has 0 amide bonds. The van der Waals surface area contributed by atoms with Gasteiger partial charge in [-0.25, -0.2) is 0 Å². The van der Waals surface area contributed by atoms with Crippen molar-refractivity contribution in [3.8, 4) is 11.1 Å². The van der Waals surface area contributed by atoms with E-state index in [2.05, 4.69) is 31.6 Å². The molecule has 0 aliphatic heterocycles. The number of non-ortho nitro benzene ring substituents is 1. The first-order valence-corrected chi connectivity index (χ1v) is 6.64. The molecule has 114 valence electrons. The zero-order valence-electron chi connectivity index (χ0n) is 10.7. The number of nitro benzene ring substituents is 1. The monoisotopic (exact) mass is 390 g/mol. The van der Waals surface area contributed by atoms with Gasteiger partial charge in [-0.3, -0.25) is 0 Å². The summed E-state index contributed by atoms with van der Waals surface area (Å²) in [5.41, 5.74) is 1.66. The van der Waals surface area contributed by atoms with E-state index < -0.39 is 10.9 Å². The van der Waals surface area contributed by atoms with Crippen LogP contribution in [0.3, 0.4) is 0 Å². The average Bonchev–Trinajstić information content (AvgIpc) is 2.87. The zero-order chi connectivity index (χ0) is 15.9. The van der Waals surface area contributed by atoms with E-state index in [0.29, 0.717) is 16.6 Å². The Morgan fingerprint density at radius 2 is 1.91 bits per heavy atom. The van der Waals surface area contributed by atoms with Crippen molar-refractivity contribution in [3.05, 3.63) is 52.1 Å². The summed E-state index contributed by atoms with van der Waals surface area (Å²) >= 11 is 3.15. The standard InChI is InChI=1S/C13H8N4O4.Ag/c18-13(19)11-9(5-6-10-12(11)15-16-14-10)7-1-3-8(4-2-7)17(20)21;/h1-6H,(H2,14,15,16,18,19);/q;+1/p-1. The van der Waals surface area contributed by atoms with Gasteiger partial charge >= 0.3 is 135 Å². The molecule has 2 aromatic carbocycles. The molecule has 3 aromatic rings. The van der Waals surface area contributed by atoms with Crippen LogP contribution in [-0.2, 0) is 21.3 Å². The van der Waals surface area contributed by atoms with Gasteiger partial charge in [0.05, 0.1) is 0 Å². The number of aromatic carboxylic acids is 1. The van der Waals surface area contributed by atoms with Gasteiger partial charge in [0.15, 0.2) is 0 Å². The fourth-order valence-electron chi connectivity index (χ4n) is 2.16. The Kier molecular flexibility index (Phi) is 3.49. The number of hydrogen-bond donors (Lipinski definition) is 1. The summed E-state index contributed by atoms with van der Waals surface area (Å²) in [6, 6.07) is 8.95. The summed E-state index contributed by atoms with van der Waals surface area (Å²) in [5, 5.41) is 27.8. The number of carboxylic acids is 1. The van der Waals surface area contributed by atoms with Crippen LogP contribution in [0.2, 0.25) is 0 Å². The molecule has 0 atom stereocenters. The van der Waals surface area contributed by atoms with Crippen molar-refractivity contribution >= 4 is 22.7 Å². The first-order chi connectivity index (χ1) is 10.5. The second-order valence-corrected chi connectivity index (χ2v) is 5.01. The van der Waals surface area contributed by atoms with Crippen LogP contribution in [0.15, 0.2) is 36.4 Å². The summed E-state index contributed by atoms with van der Waals surface area (Å²) in [5.74, 6) is -1.15. The number of nitrogens with zero attached hydrogens (tertiary/aromatic N) is 4. The number of hydrogen-bond acceptors (Lipinski definition) is 5. The maximum atomic E-state index is 11.6. The summed E-state index contributed by atoms with van der Waals surface area (Å²) in [6.07, 6.45) is 0. The summed E-state index contributed by atoms with van der Waals surface area (Å²) in [6.45, 7) is 0. The van der Waals surface area contributed by atoms with E-state index in [1.54, 1.807) is 12.1 Å². The van der Waals surface area contributed by atoms with E-state index in [1.165, 1.54) is 27.4 Å². The fraction of sp³-hybridized carbons (Fsp3) is 0. The maximum absolute atomic E-state index is 11.6. The molecule has 1 heterocycles. The van der Waals surface area contributed by atoms with E-state index in [0.717, 1.165) is 0 Å². The molecule has 0 fully saturated rings. The van der Waals surface area contributed by atoms with Crippen molar-refractivity contribution in [2.45, 2.75) is 0 Å². The van der Waals surface area contributed by atoms with Crippen molar-refractivity contribution in [3.63, 3.8) is 0 Å². The minimum atomic E-state index is -1.15. The van der Waals surface area contributed by atoms with Gasteiger partial charge in [0.1, 0.15) is 0 Å². The quantitative estimate of drug-likeness (QED) is 0.416. The van der Waals surface area contributed by atoms with Crippen LogP contribution in [0.1, 0.15) is 10.4 Å². The molecule has 0 aliphatic carbocycles. The van der Waals surface area contributed by atoms with Crippen LogP contribution >= 0.6 is 0 Å². The predicted octanol–water partition coefficient (Wildman–Crippen LogP) is 2.01. The van der Waals surface area contributed by atoms with Crippen LogP contribution in [0.5, 0.6) is 0 Å². The number of carbonyl (C=O) groups is 1. The van der Waals surface area contributed by atoms with Gasteiger partial charge in [-0.1, -0.05) is 0 Å². The second kappa shape index (κ2) is 5.34. The van der Waals surface area contributed by atoms with Crippen LogP contribution in [0, 0.1) is 10.1 Å². The molecule has 0 aliphatic rings. The van der Waals surface area contributed by atoms with E-state index in [1.807, 2.05) is 0 Å². The van der Waals surface area contributed by atoms with Crippen molar-refractivity contribution in [1.29, 1.82) is 0 Å². The Hall–Kier alpha value is -2.55. The van der Waals surface area contributed by atoms with Gasteiger partial charge in [-0.2, -0.15) is 0 Å². The SMILES string of the molecule is O=C(O)c1c(-c2ccc([N+](=O)[O-])cc2)ccc2c1nn[n]2[Ag]. The van der Waals surface area contributed by atoms with E-state index in [9.17, 15) is 20.0 Å². The summed E-state index contributed by atoms with van der Waals surface area (Å²) < 4.78 is 1.30. The molecular formula is C13H7AgN4O4. The van der Waals surface area contributed by atoms with Gasteiger partial charge in [-0.05, 0) is 0 Å². The molecule has 0 saturated carbocycles. The Balaban J connectivity index is 2.23.